The van der Waals surface area contributed by atoms with E-state index in [1.54, 1.807) is 19.1 Å². The van der Waals surface area contributed by atoms with E-state index in [9.17, 15) is 8.42 Å². The van der Waals surface area contributed by atoms with E-state index in [1.807, 2.05) is 12.1 Å². The van der Waals surface area contributed by atoms with Crippen molar-refractivity contribution in [3.05, 3.63) is 29.8 Å². The third-order valence-corrected chi connectivity index (χ3v) is 4.11. The number of hydrogen-bond acceptors (Lipinski definition) is 3. The van der Waals surface area contributed by atoms with E-state index in [2.05, 4.69) is 18.6 Å². The van der Waals surface area contributed by atoms with Gasteiger partial charge in [-0.05, 0) is 37.0 Å². The van der Waals surface area contributed by atoms with Crippen LogP contribution >= 0.6 is 0 Å². The van der Waals surface area contributed by atoms with Gasteiger partial charge in [0, 0.05) is 6.04 Å². The van der Waals surface area contributed by atoms with Gasteiger partial charge in [-0.2, -0.15) is 0 Å². The summed E-state index contributed by atoms with van der Waals surface area (Å²) in [4.78, 5) is 0.232. The van der Waals surface area contributed by atoms with E-state index in [0.717, 1.165) is 12.0 Å². The van der Waals surface area contributed by atoms with Crippen molar-refractivity contribution in [1.29, 1.82) is 0 Å². The minimum absolute atomic E-state index is 0.218. The number of aliphatic hydroxyl groups is 1. The smallest absolute Gasteiger partial charge is 0.240 e. The normalized spacial score (nSPS) is 13.8. The Morgan fingerprint density at radius 1 is 1.17 bits per heavy atom. The first-order valence-electron chi connectivity index (χ1n) is 6.07. The topological polar surface area (TPSA) is 66.4 Å². The lowest BCUT2D eigenvalue weighted by atomic mass is 10.0. The van der Waals surface area contributed by atoms with Gasteiger partial charge in [0.25, 0.3) is 0 Å². The van der Waals surface area contributed by atoms with Gasteiger partial charge in [-0.1, -0.05) is 26.0 Å². The number of sulfonamides is 1. The maximum atomic E-state index is 11.9. The Morgan fingerprint density at radius 2 is 1.72 bits per heavy atom. The average Bonchev–Trinajstić information content (AvgIpc) is 2.28. The molecule has 4 nitrogen and oxygen atoms in total. The molecule has 0 spiro atoms. The molecule has 0 saturated carbocycles. The van der Waals surface area contributed by atoms with Gasteiger partial charge < -0.3 is 5.11 Å². The van der Waals surface area contributed by atoms with Gasteiger partial charge in [0.05, 0.1) is 11.5 Å². The van der Waals surface area contributed by atoms with Crippen LogP contribution in [0, 0.1) is 5.92 Å². The van der Waals surface area contributed by atoms with Crippen molar-refractivity contribution < 1.29 is 13.5 Å². The van der Waals surface area contributed by atoms with Gasteiger partial charge in [-0.25, -0.2) is 13.1 Å². The molecule has 1 aromatic carbocycles. The lowest BCUT2D eigenvalue weighted by Crippen LogP contribution is -2.34. The molecule has 0 saturated heterocycles. The molecule has 1 aromatic rings. The minimum Gasteiger partial charge on any atom is -0.395 e. The molecule has 2 N–H and O–H groups in total. The zero-order chi connectivity index (χ0) is 13.8. The lowest BCUT2D eigenvalue weighted by Gasteiger charge is -2.12. The van der Waals surface area contributed by atoms with Crippen molar-refractivity contribution >= 4 is 10.0 Å². The number of benzene rings is 1. The van der Waals surface area contributed by atoms with Crippen LogP contribution < -0.4 is 4.72 Å². The van der Waals surface area contributed by atoms with Crippen LogP contribution in [-0.2, 0) is 16.4 Å². The highest BCUT2D eigenvalue weighted by Crippen LogP contribution is 2.13. The van der Waals surface area contributed by atoms with Crippen molar-refractivity contribution in [3.8, 4) is 0 Å². The molecule has 102 valence electrons. The average molecular weight is 271 g/mol. The van der Waals surface area contributed by atoms with Gasteiger partial charge in [-0.15, -0.1) is 0 Å². The molecule has 0 bridgehead atoms. The Hall–Kier alpha value is -0.910. The molecule has 0 fully saturated rings. The summed E-state index contributed by atoms with van der Waals surface area (Å²) in [6.07, 6.45) is 0.931. The van der Waals surface area contributed by atoms with Crippen LogP contribution in [0.2, 0.25) is 0 Å². The van der Waals surface area contributed by atoms with Crippen LogP contribution in [0.3, 0.4) is 0 Å². The third-order valence-electron chi connectivity index (χ3n) is 2.51. The van der Waals surface area contributed by atoms with E-state index >= 15 is 0 Å². The molecule has 0 aromatic heterocycles. The summed E-state index contributed by atoms with van der Waals surface area (Å²) in [7, 11) is -3.53. The molecule has 18 heavy (non-hydrogen) atoms. The fourth-order valence-electron chi connectivity index (χ4n) is 1.65. The summed E-state index contributed by atoms with van der Waals surface area (Å²) in [6, 6.07) is 6.38. The van der Waals surface area contributed by atoms with Gasteiger partial charge in [-0.3, -0.25) is 0 Å². The number of aliphatic hydroxyl groups excluding tert-OH is 1. The first-order chi connectivity index (χ1) is 8.35. The molecule has 0 aliphatic rings. The predicted octanol–water partition coefficient (Wildman–Crippen LogP) is 1.54. The minimum atomic E-state index is -3.53. The Kier molecular flexibility index (Phi) is 5.31. The lowest BCUT2D eigenvalue weighted by molar-refractivity contribution is 0.265. The summed E-state index contributed by atoms with van der Waals surface area (Å²) in [5.74, 6) is 0.542. The Bertz CT molecular complexity index is 466. The molecular weight excluding hydrogens is 250 g/mol. The molecule has 1 unspecified atom stereocenters. The van der Waals surface area contributed by atoms with Crippen molar-refractivity contribution in [2.75, 3.05) is 6.61 Å². The van der Waals surface area contributed by atoms with Gasteiger partial charge in [0.1, 0.15) is 0 Å². The van der Waals surface area contributed by atoms with Gasteiger partial charge in [0.15, 0.2) is 0 Å². The summed E-state index contributed by atoms with van der Waals surface area (Å²) in [6.45, 7) is 5.64. The van der Waals surface area contributed by atoms with E-state index in [-0.39, 0.29) is 11.5 Å². The Morgan fingerprint density at radius 3 is 2.17 bits per heavy atom. The molecule has 0 aliphatic carbocycles. The second-order valence-corrected chi connectivity index (χ2v) is 6.66. The summed E-state index contributed by atoms with van der Waals surface area (Å²) >= 11 is 0. The largest absolute Gasteiger partial charge is 0.395 e. The third kappa shape index (κ3) is 4.40. The first-order valence-corrected chi connectivity index (χ1v) is 7.55. The van der Waals surface area contributed by atoms with Gasteiger partial charge in [0.2, 0.25) is 10.0 Å². The van der Waals surface area contributed by atoms with E-state index < -0.39 is 16.1 Å². The highest BCUT2D eigenvalue weighted by atomic mass is 32.2. The Balaban J connectivity index is 2.84. The SMILES string of the molecule is CC(C)Cc1ccc(S(=O)(=O)NC(C)CO)cc1. The van der Waals surface area contributed by atoms with E-state index in [0.29, 0.717) is 5.92 Å². The zero-order valence-corrected chi connectivity index (χ0v) is 11.9. The molecular formula is C13H21NO3S. The molecule has 1 rings (SSSR count). The molecule has 0 amide bonds. The van der Waals surface area contributed by atoms with E-state index in [4.69, 9.17) is 5.11 Å². The van der Waals surface area contributed by atoms with Crippen molar-refractivity contribution in [1.82, 2.24) is 4.72 Å². The van der Waals surface area contributed by atoms with Crippen molar-refractivity contribution in [2.45, 2.75) is 38.1 Å². The maximum Gasteiger partial charge on any atom is 0.240 e. The number of hydrogen-bond donors (Lipinski definition) is 2. The van der Waals surface area contributed by atoms with Crippen LogP contribution in [0.15, 0.2) is 29.2 Å². The van der Waals surface area contributed by atoms with E-state index in [1.165, 1.54) is 0 Å². The van der Waals surface area contributed by atoms with Crippen molar-refractivity contribution in [3.63, 3.8) is 0 Å². The van der Waals surface area contributed by atoms with Gasteiger partial charge >= 0.3 is 0 Å². The van der Waals surface area contributed by atoms with Crippen LogP contribution in [0.1, 0.15) is 26.3 Å². The molecule has 0 aliphatic heterocycles. The Labute approximate surface area is 109 Å². The molecule has 0 radical (unpaired) electrons. The second-order valence-electron chi connectivity index (χ2n) is 4.95. The maximum absolute atomic E-state index is 11.9. The number of nitrogens with one attached hydrogen (secondary N) is 1. The van der Waals surface area contributed by atoms with Crippen LogP contribution in [-0.4, -0.2) is 26.2 Å². The zero-order valence-electron chi connectivity index (χ0n) is 11.1. The molecule has 1 atom stereocenters. The standard InChI is InChI=1S/C13H21NO3S/c1-10(2)8-12-4-6-13(7-5-12)18(16,17)14-11(3)9-15/h4-7,10-11,14-15H,8-9H2,1-3H3. The monoisotopic (exact) mass is 271 g/mol. The van der Waals surface area contributed by atoms with Crippen LogP contribution in [0.5, 0.6) is 0 Å². The highest BCUT2D eigenvalue weighted by Gasteiger charge is 2.16. The number of rotatable bonds is 6. The fourth-order valence-corrected chi connectivity index (χ4v) is 2.88. The summed E-state index contributed by atoms with van der Waals surface area (Å²) < 4.78 is 26.2. The molecule has 5 heteroatoms. The van der Waals surface area contributed by atoms with Crippen LogP contribution in [0.25, 0.3) is 0 Å². The highest BCUT2D eigenvalue weighted by molar-refractivity contribution is 7.89. The van der Waals surface area contributed by atoms with Crippen LogP contribution in [0.4, 0.5) is 0 Å². The fraction of sp³-hybridized carbons (Fsp3) is 0.538. The first kappa shape index (κ1) is 15.1. The second kappa shape index (κ2) is 6.31. The quantitative estimate of drug-likeness (QED) is 0.825. The summed E-state index contributed by atoms with van der Waals surface area (Å²) in [5.41, 5.74) is 1.12. The predicted molar refractivity (Wildman–Crippen MR) is 71.9 cm³/mol. The molecule has 0 heterocycles. The van der Waals surface area contributed by atoms with Crippen molar-refractivity contribution in [2.24, 2.45) is 5.92 Å². The summed E-state index contributed by atoms with van der Waals surface area (Å²) in [5, 5.41) is 8.86.